The lowest BCUT2D eigenvalue weighted by atomic mass is 9.85. The third-order valence-corrected chi connectivity index (χ3v) is 5.06. The predicted octanol–water partition coefficient (Wildman–Crippen LogP) is 2.59. The fourth-order valence-electron chi connectivity index (χ4n) is 2.17. The maximum Gasteiger partial charge on any atom is 0.261 e. The summed E-state index contributed by atoms with van der Waals surface area (Å²) in [7, 11) is 1.16. The molecule has 1 aromatic rings. The molecule has 0 saturated heterocycles. The SMILES string of the molecule is Cc1c(C(=O)NCC2CCC2)cc(F)cc1S(=O)(=O)Cl. The van der Waals surface area contributed by atoms with Gasteiger partial charge in [-0.05, 0) is 43.4 Å². The van der Waals surface area contributed by atoms with Crippen molar-refractivity contribution < 1.29 is 17.6 Å². The number of benzene rings is 1. The van der Waals surface area contributed by atoms with Crippen LogP contribution in [0.25, 0.3) is 0 Å². The lowest BCUT2D eigenvalue weighted by Gasteiger charge is -2.25. The molecule has 0 aliphatic heterocycles. The van der Waals surface area contributed by atoms with E-state index >= 15 is 0 Å². The highest BCUT2D eigenvalue weighted by Gasteiger charge is 2.23. The van der Waals surface area contributed by atoms with Crippen molar-refractivity contribution >= 4 is 25.6 Å². The van der Waals surface area contributed by atoms with Gasteiger partial charge in [-0.1, -0.05) is 6.42 Å². The largest absolute Gasteiger partial charge is 0.352 e. The summed E-state index contributed by atoms with van der Waals surface area (Å²) < 4.78 is 36.2. The van der Waals surface area contributed by atoms with Crippen LogP contribution in [-0.4, -0.2) is 20.9 Å². The van der Waals surface area contributed by atoms with Crippen LogP contribution >= 0.6 is 10.7 Å². The molecule has 1 aliphatic rings. The van der Waals surface area contributed by atoms with Crippen molar-refractivity contribution in [2.24, 2.45) is 5.92 Å². The molecule has 1 saturated carbocycles. The first-order valence-electron chi connectivity index (χ1n) is 6.32. The Kier molecular flexibility index (Phi) is 4.34. The fraction of sp³-hybridized carbons (Fsp3) is 0.462. The van der Waals surface area contributed by atoms with Crippen molar-refractivity contribution in [3.63, 3.8) is 0 Å². The van der Waals surface area contributed by atoms with Gasteiger partial charge < -0.3 is 5.32 Å². The van der Waals surface area contributed by atoms with E-state index in [1.54, 1.807) is 0 Å². The number of hydrogen-bond donors (Lipinski definition) is 1. The summed E-state index contributed by atoms with van der Waals surface area (Å²) in [6, 6.07) is 1.84. The minimum Gasteiger partial charge on any atom is -0.352 e. The van der Waals surface area contributed by atoms with E-state index in [2.05, 4.69) is 5.32 Å². The highest BCUT2D eigenvalue weighted by molar-refractivity contribution is 8.13. The lowest BCUT2D eigenvalue weighted by Crippen LogP contribution is -2.32. The molecular weight excluding hydrogens is 305 g/mol. The van der Waals surface area contributed by atoms with Gasteiger partial charge in [0.05, 0.1) is 4.90 Å². The third-order valence-electron chi connectivity index (χ3n) is 3.61. The smallest absolute Gasteiger partial charge is 0.261 e. The number of amides is 1. The number of rotatable bonds is 4. The Morgan fingerprint density at radius 1 is 1.45 bits per heavy atom. The van der Waals surface area contributed by atoms with Gasteiger partial charge in [0.1, 0.15) is 5.82 Å². The molecule has 2 rings (SSSR count). The predicted molar refractivity (Wildman–Crippen MR) is 73.9 cm³/mol. The van der Waals surface area contributed by atoms with Gasteiger partial charge in [0.25, 0.3) is 15.0 Å². The molecule has 1 N–H and O–H groups in total. The standard InChI is InChI=1S/C13H15ClFNO3S/c1-8-11(13(17)16-7-9-3-2-4-9)5-10(15)6-12(8)20(14,18)19/h5-6,9H,2-4,7H2,1H3,(H,16,17). The Hall–Kier alpha value is -1.14. The summed E-state index contributed by atoms with van der Waals surface area (Å²) in [5.41, 5.74) is 0.163. The Bertz CT molecular complexity index is 641. The Labute approximate surface area is 121 Å². The molecule has 7 heteroatoms. The van der Waals surface area contributed by atoms with Crippen LogP contribution < -0.4 is 5.32 Å². The molecule has 0 heterocycles. The summed E-state index contributed by atoms with van der Waals surface area (Å²) in [5, 5.41) is 2.70. The molecule has 0 aromatic heterocycles. The summed E-state index contributed by atoms with van der Waals surface area (Å²) >= 11 is 0. The number of carbonyl (C=O) groups excluding carboxylic acids is 1. The van der Waals surface area contributed by atoms with Crippen LogP contribution in [0.1, 0.15) is 35.2 Å². The van der Waals surface area contributed by atoms with Gasteiger partial charge in [-0.3, -0.25) is 4.79 Å². The van der Waals surface area contributed by atoms with E-state index in [9.17, 15) is 17.6 Å². The van der Waals surface area contributed by atoms with Crippen molar-refractivity contribution in [1.82, 2.24) is 5.32 Å². The summed E-state index contributed by atoms with van der Waals surface area (Å²) in [4.78, 5) is 11.7. The number of halogens is 2. The van der Waals surface area contributed by atoms with Crippen LogP contribution in [-0.2, 0) is 9.05 Å². The van der Waals surface area contributed by atoms with Crippen LogP contribution in [0.15, 0.2) is 17.0 Å². The minimum absolute atomic E-state index is 0.00329. The highest BCUT2D eigenvalue weighted by Crippen LogP contribution is 2.26. The van der Waals surface area contributed by atoms with Crippen molar-refractivity contribution in [3.05, 3.63) is 29.1 Å². The Morgan fingerprint density at radius 3 is 2.60 bits per heavy atom. The zero-order valence-electron chi connectivity index (χ0n) is 10.9. The zero-order valence-corrected chi connectivity index (χ0v) is 12.5. The first-order chi connectivity index (χ1) is 9.29. The van der Waals surface area contributed by atoms with E-state index in [1.165, 1.54) is 6.92 Å². The Balaban J connectivity index is 2.26. The second-order valence-corrected chi connectivity index (χ2v) is 7.56. The van der Waals surface area contributed by atoms with Gasteiger partial charge in [0.15, 0.2) is 0 Å². The molecule has 0 spiro atoms. The molecular formula is C13H15ClFNO3S. The van der Waals surface area contributed by atoms with E-state index in [4.69, 9.17) is 10.7 Å². The van der Waals surface area contributed by atoms with Crippen LogP contribution in [0.2, 0.25) is 0 Å². The average molecular weight is 320 g/mol. The highest BCUT2D eigenvalue weighted by atomic mass is 35.7. The molecule has 0 bridgehead atoms. The van der Waals surface area contributed by atoms with Crippen LogP contribution in [0.5, 0.6) is 0 Å². The molecule has 1 aliphatic carbocycles. The van der Waals surface area contributed by atoms with E-state index in [0.29, 0.717) is 12.5 Å². The number of nitrogens with one attached hydrogen (secondary N) is 1. The van der Waals surface area contributed by atoms with E-state index in [1.807, 2.05) is 0 Å². The monoisotopic (exact) mass is 319 g/mol. The maximum absolute atomic E-state index is 13.5. The normalized spacial score (nSPS) is 15.8. The molecule has 110 valence electrons. The second-order valence-electron chi connectivity index (χ2n) is 5.02. The van der Waals surface area contributed by atoms with Crippen molar-refractivity contribution in [3.8, 4) is 0 Å². The van der Waals surface area contributed by atoms with Gasteiger partial charge in [0.2, 0.25) is 0 Å². The molecule has 1 amide bonds. The molecule has 1 fully saturated rings. The van der Waals surface area contributed by atoms with Crippen LogP contribution in [0, 0.1) is 18.7 Å². The van der Waals surface area contributed by atoms with Gasteiger partial charge >= 0.3 is 0 Å². The fourth-order valence-corrected chi connectivity index (χ4v) is 3.38. The minimum atomic E-state index is -4.08. The van der Waals surface area contributed by atoms with Crippen LogP contribution in [0.4, 0.5) is 4.39 Å². The average Bonchev–Trinajstić information content (AvgIpc) is 2.28. The van der Waals surface area contributed by atoms with Crippen molar-refractivity contribution in [2.45, 2.75) is 31.1 Å². The molecule has 0 radical (unpaired) electrons. The van der Waals surface area contributed by atoms with Gasteiger partial charge in [-0.15, -0.1) is 0 Å². The van der Waals surface area contributed by atoms with Crippen molar-refractivity contribution in [2.75, 3.05) is 6.54 Å². The van der Waals surface area contributed by atoms with Gasteiger partial charge in [-0.25, -0.2) is 12.8 Å². The number of hydrogen-bond acceptors (Lipinski definition) is 3. The van der Waals surface area contributed by atoms with Crippen molar-refractivity contribution in [1.29, 1.82) is 0 Å². The summed E-state index contributed by atoms with van der Waals surface area (Å²) in [6.07, 6.45) is 3.31. The molecule has 0 atom stereocenters. The van der Waals surface area contributed by atoms with E-state index in [-0.39, 0.29) is 16.0 Å². The molecule has 4 nitrogen and oxygen atoms in total. The second kappa shape index (κ2) is 5.69. The van der Waals surface area contributed by atoms with Gasteiger partial charge in [0, 0.05) is 22.8 Å². The first kappa shape index (κ1) is 15.3. The topological polar surface area (TPSA) is 63.2 Å². The maximum atomic E-state index is 13.5. The number of carbonyl (C=O) groups is 1. The van der Waals surface area contributed by atoms with E-state index in [0.717, 1.165) is 31.4 Å². The van der Waals surface area contributed by atoms with E-state index < -0.39 is 20.8 Å². The first-order valence-corrected chi connectivity index (χ1v) is 8.63. The summed E-state index contributed by atoms with van der Waals surface area (Å²) in [5.74, 6) is -0.817. The quantitative estimate of drug-likeness (QED) is 0.868. The summed E-state index contributed by atoms with van der Waals surface area (Å²) in [6.45, 7) is 1.96. The molecule has 0 unspecified atom stereocenters. The molecule has 20 heavy (non-hydrogen) atoms. The zero-order chi connectivity index (χ0) is 14.9. The lowest BCUT2D eigenvalue weighted by molar-refractivity contribution is 0.0937. The molecule has 1 aromatic carbocycles. The van der Waals surface area contributed by atoms with Crippen LogP contribution in [0.3, 0.4) is 0 Å². The van der Waals surface area contributed by atoms with Gasteiger partial charge in [-0.2, -0.15) is 0 Å². The third kappa shape index (κ3) is 3.30. The Morgan fingerprint density at radius 2 is 2.10 bits per heavy atom.